The van der Waals surface area contributed by atoms with Gasteiger partial charge in [0.15, 0.2) is 18.1 Å². The molecule has 1 N–H and O–H groups in total. The van der Waals surface area contributed by atoms with Gasteiger partial charge in [0.05, 0.1) is 23.0 Å². The van der Waals surface area contributed by atoms with Crippen LogP contribution in [0.15, 0.2) is 42.0 Å². The number of hydrogen-bond acceptors (Lipinski definition) is 7. The third-order valence-electron chi connectivity index (χ3n) is 4.39. The summed E-state index contributed by atoms with van der Waals surface area (Å²) in [5, 5.41) is 2.59. The number of rotatable bonds is 7. The molecule has 11 heteroatoms. The molecule has 1 aliphatic rings. The molecule has 9 nitrogen and oxygen atoms in total. The van der Waals surface area contributed by atoms with E-state index in [4.69, 9.17) is 25.8 Å². The van der Waals surface area contributed by atoms with E-state index in [0.29, 0.717) is 19.9 Å². The van der Waals surface area contributed by atoms with Gasteiger partial charge in [0.2, 0.25) is 0 Å². The third-order valence-corrected chi connectivity index (χ3v) is 5.44. The van der Waals surface area contributed by atoms with Gasteiger partial charge in [0.1, 0.15) is 5.57 Å². The number of carbonyl (C=O) groups excluding carboxylic acids is 4. The van der Waals surface area contributed by atoms with Gasteiger partial charge >= 0.3 is 12.0 Å². The maximum Gasteiger partial charge on any atom is 0.344 e. The number of carbonyl (C=O) groups is 4. The van der Waals surface area contributed by atoms with Crippen LogP contribution in [0.4, 0.5) is 10.5 Å². The summed E-state index contributed by atoms with van der Waals surface area (Å²) >= 11 is 7.85. The van der Waals surface area contributed by atoms with Crippen molar-refractivity contribution in [3.63, 3.8) is 0 Å². The predicted molar refractivity (Wildman–Crippen MR) is 128 cm³/mol. The van der Waals surface area contributed by atoms with Crippen molar-refractivity contribution in [2.24, 2.45) is 0 Å². The Morgan fingerprint density at radius 1 is 1.18 bits per heavy atom. The van der Waals surface area contributed by atoms with Gasteiger partial charge in [-0.15, -0.1) is 0 Å². The van der Waals surface area contributed by atoms with Crippen LogP contribution in [0.1, 0.15) is 12.5 Å². The van der Waals surface area contributed by atoms with E-state index in [2.05, 4.69) is 5.32 Å². The van der Waals surface area contributed by atoms with E-state index in [1.165, 1.54) is 37.5 Å². The summed E-state index contributed by atoms with van der Waals surface area (Å²) < 4.78 is 16.3. The van der Waals surface area contributed by atoms with Crippen LogP contribution in [0, 0.1) is 3.57 Å². The van der Waals surface area contributed by atoms with Gasteiger partial charge in [-0.1, -0.05) is 11.6 Å². The second-order valence-corrected chi connectivity index (χ2v) is 8.16. The highest BCUT2D eigenvalue weighted by Crippen LogP contribution is 2.35. The summed E-state index contributed by atoms with van der Waals surface area (Å²) in [7, 11) is 1.42. The molecule has 2 aromatic rings. The highest BCUT2D eigenvalue weighted by molar-refractivity contribution is 14.1. The quantitative estimate of drug-likeness (QED) is 0.229. The Morgan fingerprint density at radius 3 is 2.52 bits per heavy atom. The molecular weight excluding hydrogens is 567 g/mol. The van der Waals surface area contributed by atoms with Crippen molar-refractivity contribution >= 4 is 69.8 Å². The molecule has 0 bridgehead atoms. The van der Waals surface area contributed by atoms with Crippen molar-refractivity contribution in [2.45, 2.75) is 6.92 Å². The molecule has 0 saturated carbocycles. The average Bonchev–Trinajstić information content (AvgIpc) is 2.77. The van der Waals surface area contributed by atoms with Crippen molar-refractivity contribution in [3.8, 4) is 11.5 Å². The minimum atomic E-state index is -0.862. The van der Waals surface area contributed by atoms with E-state index < -0.39 is 23.8 Å². The summed E-state index contributed by atoms with van der Waals surface area (Å²) in [5.41, 5.74) is 0.460. The molecular formula is C22H18ClIN2O7. The van der Waals surface area contributed by atoms with Crippen LogP contribution in [0.5, 0.6) is 11.5 Å². The number of imide groups is 2. The number of halogens is 2. The number of hydrogen-bond donors (Lipinski definition) is 1. The normalized spacial score (nSPS) is 14.8. The Labute approximate surface area is 207 Å². The molecule has 0 unspecified atom stereocenters. The number of anilines is 1. The topological polar surface area (TPSA) is 111 Å². The molecule has 0 radical (unpaired) electrons. The lowest BCUT2D eigenvalue weighted by Gasteiger charge is -2.26. The van der Waals surface area contributed by atoms with Crippen molar-refractivity contribution < 1.29 is 33.4 Å². The summed E-state index contributed by atoms with van der Waals surface area (Å²) in [5.74, 6) is -1.55. The number of barbiturate groups is 1. The molecule has 1 heterocycles. The molecule has 3 rings (SSSR count). The molecule has 2 aromatic carbocycles. The Hall–Kier alpha value is -3.12. The molecule has 0 atom stereocenters. The standard InChI is InChI=1S/C22H18ClIN2O7/c1-3-32-18(27)11-33-19-16(24)9-12(10-17(19)31-2)8-15-20(28)25-22(30)26(21(15)29)14-6-4-13(23)5-7-14/h4-10H,3,11H2,1-2H3,(H,25,28,30)/b15-8+. The van der Waals surface area contributed by atoms with E-state index in [1.54, 1.807) is 19.1 Å². The van der Waals surface area contributed by atoms with E-state index >= 15 is 0 Å². The fraction of sp³-hybridized carbons (Fsp3) is 0.182. The van der Waals surface area contributed by atoms with Gasteiger partial charge in [-0.3, -0.25) is 14.9 Å². The average molecular weight is 585 g/mol. The van der Waals surface area contributed by atoms with E-state index in [1.807, 2.05) is 22.6 Å². The highest BCUT2D eigenvalue weighted by Gasteiger charge is 2.36. The van der Waals surface area contributed by atoms with Crippen molar-refractivity contribution in [1.29, 1.82) is 0 Å². The number of nitrogens with zero attached hydrogens (tertiary/aromatic N) is 1. The fourth-order valence-electron chi connectivity index (χ4n) is 2.95. The van der Waals surface area contributed by atoms with Crippen LogP contribution >= 0.6 is 34.2 Å². The summed E-state index contributed by atoms with van der Waals surface area (Å²) in [4.78, 5) is 50.2. The molecule has 0 aromatic heterocycles. The fourth-order valence-corrected chi connectivity index (χ4v) is 3.85. The summed E-state index contributed by atoms with van der Waals surface area (Å²) in [6.07, 6.45) is 1.34. The van der Waals surface area contributed by atoms with Gasteiger partial charge < -0.3 is 14.2 Å². The maximum atomic E-state index is 13.0. The lowest BCUT2D eigenvalue weighted by atomic mass is 10.1. The molecule has 4 amide bonds. The van der Waals surface area contributed by atoms with Crippen LogP contribution < -0.4 is 19.7 Å². The molecule has 1 saturated heterocycles. The van der Waals surface area contributed by atoms with Crippen molar-refractivity contribution in [3.05, 3.63) is 56.1 Å². The number of amides is 4. The van der Waals surface area contributed by atoms with Crippen molar-refractivity contribution in [2.75, 3.05) is 25.2 Å². The second-order valence-electron chi connectivity index (χ2n) is 6.56. The first-order valence-electron chi connectivity index (χ1n) is 9.58. The van der Waals surface area contributed by atoms with Crippen LogP contribution in [0.3, 0.4) is 0 Å². The highest BCUT2D eigenvalue weighted by atomic mass is 127. The SMILES string of the molecule is CCOC(=O)COc1c(I)cc(/C=C2\C(=O)NC(=O)N(c3ccc(Cl)cc3)C2=O)cc1OC. The first-order chi connectivity index (χ1) is 15.7. The number of benzene rings is 2. The van der Waals surface area contributed by atoms with Gasteiger partial charge in [0.25, 0.3) is 11.8 Å². The van der Waals surface area contributed by atoms with Gasteiger partial charge in [0, 0.05) is 5.02 Å². The molecule has 172 valence electrons. The first-order valence-corrected chi connectivity index (χ1v) is 11.0. The monoisotopic (exact) mass is 584 g/mol. The van der Waals surface area contributed by atoms with Crippen LogP contribution in [0.2, 0.25) is 5.02 Å². The minimum absolute atomic E-state index is 0.231. The Bertz CT molecular complexity index is 1150. The van der Waals surface area contributed by atoms with Gasteiger partial charge in [-0.25, -0.2) is 14.5 Å². The summed E-state index contributed by atoms with van der Waals surface area (Å²) in [6, 6.07) is 8.36. The smallest absolute Gasteiger partial charge is 0.344 e. The number of urea groups is 1. The predicted octanol–water partition coefficient (Wildman–Crippen LogP) is 3.56. The molecule has 0 aliphatic carbocycles. The van der Waals surface area contributed by atoms with Gasteiger partial charge in [-0.05, 0) is 77.6 Å². The maximum absolute atomic E-state index is 13.0. The zero-order valence-electron chi connectivity index (χ0n) is 17.5. The molecule has 0 spiro atoms. The van der Waals surface area contributed by atoms with E-state index in [-0.39, 0.29) is 30.2 Å². The Kier molecular flexibility index (Phi) is 7.92. The number of nitrogens with one attached hydrogen (secondary N) is 1. The molecule has 33 heavy (non-hydrogen) atoms. The van der Waals surface area contributed by atoms with Crippen LogP contribution in [-0.4, -0.2) is 44.1 Å². The first kappa shape index (κ1) is 24.5. The van der Waals surface area contributed by atoms with Gasteiger partial charge in [-0.2, -0.15) is 0 Å². The third kappa shape index (κ3) is 5.63. The summed E-state index contributed by atoms with van der Waals surface area (Å²) in [6.45, 7) is 1.61. The van der Waals surface area contributed by atoms with E-state index in [9.17, 15) is 19.2 Å². The lowest BCUT2D eigenvalue weighted by Crippen LogP contribution is -2.54. The van der Waals surface area contributed by atoms with Crippen LogP contribution in [-0.2, 0) is 19.1 Å². The zero-order valence-corrected chi connectivity index (χ0v) is 20.4. The number of methoxy groups -OCH3 is 1. The van der Waals surface area contributed by atoms with Crippen molar-refractivity contribution in [1.82, 2.24) is 5.32 Å². The Balaban J connectivity index is 1.93. The number of ether oxygens (including phenoxy) is 3. The van der Waals surface area contributed by atoms with Crippen LogP contribution in [0.25, 0.3) is 6.08 Å². The molecule has 1 aliphatic heterocycles. The number of esters is 1. The lowest BCUT2D eigenvalue weighted by molar-refractivity contribution is -0.145. The zero-order chi connectivity index (χ0) is 24.1. The largest absolute Gasteiger partial charge is 0.493 e. The second kappa shape index (κ2) is 10.7. The minimum Gasteiger partial charge on any atom is -0.493 e. The molecule has 1 fully saturated rings. The van der Waals surface area contributed by atoms with E-state index in [0.717, 1.165) is 4.90 Å². The Morgan fingerprint density at radius 2 is 1.88 bits per heavy atom.